The van der Waals surface area contributed by atoms with Gasteiger partial charge in [0.2, 0.25) is 23.7 Å². The molecule has 2 aliphatic heterocycles. The highest BCUT2D eigenvalue weighted by atomic mass is 16.5. The van der Waals surface area contributed by atoms with Crippen molar-refractivity contribution in [1.82, 2.24) is 31.1 Å². The van der Waals surface area contributed by atoms with Gasteiger partial charge in [-0.1, -0.05) is 62.4 Å². The molecule has 0 spiro atoms. The van der Waals surface area contributed by atoms with Crippen molar-refractivity contribution in [1.29, 1.82) is 5.26 Å². The first kappa shape index (κ1) is 37.6. The Balaban J connectivity index is 1.65. The van der Waals surface area contributed by atoms with Gasteiger partial charge in [0.15, 0.2) is 0 Å². The van der Waals surface area contributed by atoms with Gasteiger partial charge in [-0.05, 0) is 44.7 Å². The van der Waals surface area contributed by atoms with Crippen molar-refractivity contribution in [2.75, 3.05) is 53.6 Å². The lowest BCUT2D eigenvalue weighted by Crippen LogP contribution is -2.62. The topological polar surface area (TPSA) is 177 Å². The summed E-state index contributed by atoms with van der Waals surface area (Å²) in [5.41, 5.74) is -0.149. The number of hydrogen-bond acceptors (Lipinski definition) is 9. The molecule has 1 aromatic rings. The number of carbonyl (C=O) groups excluding carboxylic acids is 4. The molecule has 3 atom stereocenters. The van der Waals surface area contributed by atoms with Crippen LogP contribution in [-0.2, 0) is 30.3 Å². The third-order valence-corrected chi connectivity index (χ3v) is 9.63. The zero-order chi connectivity index (χ0) is 35.2. The minimum absolute atomic E-state index is 0.00629. The molecular formula is C35H52N8O6. The van der Waals surface area contributed by atoms with Crippen molar-refractivity contribution >= 4 is 29.8 Å². The summed E-state index contributed by atoms with van der Waals surface area (Å²) in [4.78, 5) is 62.4. The number of amides is 4. The van der Waals surface area contributed by atoms with Crippen LogP contribution in [0.2, 0.25) is 0 Å². The number of guanidine groups is 1. The largest absolute Gasteiger partial charge is 0.450 e. The van der Waals surface area contributed by atoms with Crippen LogP contribution in [0, 0.1) is 17.2 Å². The highest BCUT2D eigenvalue weighted by Crippen LogP contribution is 2.29. The third kappa shape index (κ3) is 10.9. The number of ether oxygens (including phenoxy) is 2. The van der Waals surface area contributed by atoms with Crippen molar-refractivity contribution in [3.05, 3.63) is 35.9 Å². The Morgan fingerprint density at radius 2 is 1.80 bits per heavy atom. The Morgan fingerprint density at radius 3 is 2.45 bits per heavy atom. The molecule has 2 saturated heterocycles. The normalized spacial score (nSPS) is 21.4. The fourth-order valence-corrected chi connectivity index (χ4v) is 6.70. The van der Waals surface area contributed by atoms with E-state index in [9.17, 15) is 24.4 Å². The van der Waals surface area contributed by atoms with Crippen LogP contribution in [0.1, 0.15) is 63.9 Å². The molecule has 4 rings (SSSR count). The molecule has 1 aromatic carbocycles. The van der Waals surface area contributed by atoms with Gasteiger partial charge in [-0.3, -0.25) is 19.7 Å². The Bertz CT molecular complexity index is 1340. The van der Waals surface area contributed by atoms with Gasteiger partial charge in [0.05, 0.1) is 25.9 Å². The van der Waals surface area contributed by atoms with Crippen LogP contribution in [0.4, 0.5) is 4.79 Å². The summed E-state index contributed by atoms with van der Waals surface area (Å²) in [5, 5.41) is 21.4. The lowest BCUT2D eigenvalue weighted by atomic mass is 9.84. The van der Waals surface area contributed by atoms with Crippen LogP contribution < -0.4 is 21.3 Å². The molecule has 0 radical (unpaired) electrons. The second-order valence-corrected chi connectivity index (χ2v) is 13.2. The third-order valence-electron chi connectivity index (χ3n) is 9.63. The van der Waals surface area contributed by atoms with Crippen LogP contribution in [0.3, 0.4) is 0 Å². The van der Waals surface area contributed by atoms with E-state index in [1.54, 1.807) is 11.8 Å². The molecule has 1 saturated carbocycles. The van der Waals surface area contributed by atoms with Crippen molar-refractivity contribution in [3.63, 3.8) is 0 Å². The quantitative estimate of drug-likeness (QED) is 0.200. The number of alkyl carbamates (subject to hydrolysis) is 1. The van der Waals surface area contributed by atoms with Gasteiger partial charge in [-0.15, -0.1) is 0 Å². The van der Waals surface area contributed by atoms with E-state index >= 15 is 0 Å². The molecule has 4 amide bonds. The second-order valence-electron chi connectivity index (χ2n) is 13.2. The molecule has 2 heterocycles. The fourth-order valence-electron chi connectivity index (χ4n) is 6.70. The Morgan fingerprint density at radius 1 is 1.08 bits per heavy atom. The van der Waals surface area contributed by atoms with Crippen molar-refractivity contribution < 1.29 is 28.7 Å². The number of nitrogens with zero attached hydrogens (tertiary/aromatic N) is 4. The molecule has 1 aliphatic carbocycles. The van der Waals surface area contributed by atoms with Crippen LogP contribution in [0.5, 0.6) is 0 Å². The van der Waals surface area contributed by atoms with Crippen LogP contribution >= 0.6 is 0 Å². The molecule has 3 unspecified atom stereocenters. The number of piperidine rings is 1. The Labute approximate surface area is 289 Å². The molecule has 3 aliphatic rings. The van der Waals surface area contributed by atoms with Crippen LogP contribution in [0.25, 0.3) is 0 Å². The molecule has 14 nitrogen and oxygen atoms in total. The minimum Gasteiger partial charge on any atom is -0.450 e. The number of rotatable bonds is 11. The minimum atomic E-state index is -1.02. The van der Waals surface area contributed by atoms with E-state index in [4.69, 9.17) is 14.5 Å². The number of likely N-dealkylation sites (tertiary alicyclic amines) is 1. The number of likely N-dealkylation sites (N-methyl/N-ethyl adjacent to an activating group) is 1. The number of morpholine rings is 1. The molecular weight excluding hydrogens is 628 g/mol. The first-order valence-corrected chi connectivity index (χ1v) is 17.5. The Hall–Kier alpha value is -4.22. The van der Waals surface area contributed by atoms with Gasteiger partial charge in [-0.2, -0.15) is 5.26 Å². The highest BCUT2D eigenvalue weighted by Gasteiger charge is 2.39. The van der Waals surface area contributed by atoms with Gasteiger partial charge in [-0.25, -0.2) is 9.79 Å². The van der Waals surface area contributed by atoms with Crippen molar-refractivity contribution in [2.24, 2.45) is 10.9 Å². The summed E-state index contributed by atoms with van der Waals surface area (Å²) in [6.07, 6.45) is 6.07. The first-order valence-electron chi connectivity index (χ1n) is 17.5. The summed E-state index contributed by atoms with van der Waals surface area (Å²) in [6.45, 7) is 3.50. The summed E-state index contributed by atoms with van der Waals surface area (Å²) in [7, 11) is 3.50. The summed E-state index contributed by atoms with van der Waals surface area (Å²) >= 11 is 0. The standard InChI is InChI=1S/C35H52N8O6/c1-4-49-34(47)40-33(39-28(22-26-13-9-6-10-14-26)31(45)41-35(24-36)15-17-42(3)18-16-35)43-19-20-48-23-29(43)32(46)38-27(30(44)37-2)21-25-11-7-5-8-12-25/h5,7-8,11-12,26-29H,4,6,9-10,13-23H2,1-3H3,(H,37,44)(H,38,46)(H,41,45)(H,39,40,47). The lowest BCUT2D eigenvalue weighted by Gasteiger charge is -2.38. The van der Waals surface area contributed by atoms with E-state index in [0.29, 0.717) is 32.4 Å². The molecule has 0 bridgehead atoms. The summed E-state index contributed by atoms with van der Waals surface area (Å²) < 4.78 is 10.9. The molecule has 49 heavy (non-hydrogen) atoms. The molecule has 268 valence electrons. The average Bonchev–Trinajstić information content (AvgIpc) is 3.12. The number of nitriles is 1. The molecule has 0 aromatic heterocycles. The van der Waals surface area contributed by atoms with E-state index in [-0.39, 0.29) is 50.6 Å². The molecule has 14 heteroatoms. The number of hydrogen-bond donors (Lipinski definition) is 4. The number of nitrogens with one attached hydrogen (secondary N) is 4. The smallest absolute Gasteiger partial charge is 0.413 e. The maximum atomic E-state index is 14.1. The average molecular weight is 681 g/mol. The first-order chi connectivity index (χ1) is 23.7. The van der Waals surface area contributed by atoms with Crippen molar-refractivity contribution in [2.45, 2.75) is 88.4 Å². The van der Waals surface area contributed by atoms with Crippen LogP contribution in [-0.4, -0.2) is 117 Å². The van der Waals surface area contributed by atoms with E-state index in [2.05, 4.69) is 32.2 Å². The van der Waals surface area contributed by atoms with Crippen molar-refractivity contribution in [3.8, 4) is 6.07 Å². The summed E-state index contributed by atoms with van der Waals surface area (Å²) in [5.74, 6) is -1.000. The zero-order valence-electron chi connectivity index (χ0n) is 29.0. The SMILES string of the molecule is CCOC(=O)NC(=NC(CC1CCCCC1)C(=O)NC1(C#N)CCN(C)CC1)N1CCOCC1C(=O)NC(Cc1ccccc1)C(=O)NC. The number of benzene rings is 1. The van der Waals surface area contributed by atoms with Crippen LogP contribution in [0.15, 0.2) is 35.3 Å². The zero-order valence-corrected chi connectivity index (χ0v) is 29.0. The van der Waals surface area contributed by atoms with Gasteiger partial charge in [0, 0.05) is 33.1 Å². The summed E-state index contributed by atoms with van der Waals surface area (Å²) in [6, 6.07) is 8.94. The van der Waals surface area contributed by atoms with Gasteiger partial charge in [0.1, 0.15) is 23.7 Å². The Kier molecular flexibility index (Phi) is 14.2. The maximum Gasteiger partial charge on any atom is 0.413 e. The van der Waals surface area contributed by atoms with Gasteiger partial charge >= 0.3 is 6.09 Å². The maximum absolute atomic E-state index is 14.1. The molecule has 3 fully saturated rings. The van der Waals surface area contributed by atoms with E-state index in [1.165, 1.54) is 7.05 Å². The van der Waals surface area contributed by atoms with E-state index in [1.807, 2.05) is 37.4 Å². The second kappa shape index (κ2) is 18.5. The van der Waals surface area contributed by atoms with E-state index in [0.717, 1.165) is 37.7 Å². The molecule has 4 N–H and O–H groups in total. The predicted molar refractivity (Wildman–Crippen MR) is 183 cm³/mol. The highest BCUT2D eigenvalue weighted by molar-refractivity contribution is 5.99. The number of aliphatic imine (C=N–C) groups is 1. The fraction of sp³-hybridized carbons (Fsp3) is 0.657. The lowest BCUT2D eigenvalue weighted by molar-refractivity contribution is -0.134. The van der Waals surface area contributed by atoms with Gasteiger partial charge < -0.3 is 35.2 Å². The monoisotopic (exact) mass is 680 g/mol. The van der Waals surface area contributed by atoms with Gasteiger partial charge in [0.25, 0.3) is 0 Å². The number of carbonyl (C=O) groups is 4. The van der Waals surface area contributed by atoms with E-state index < -0.39 is 41.6 Å². The predicted octanol–water partition coefficient (Wildman–Crippen LogP) is 1.71.